The molecule has 2 bridgehead atoms. The van der Waals surface area contributed by atoms with Crippen molar-refractivity contribution in [1.82, 2.24) is 0 Å². The first-order chi connectivity index (χ1) is 4.29. The molecule has 0 spiro atoms. The number of rotatable bonds is 0. The van der Waals surface area contributed by atoms with Crippen LogP contribution >= 0.6 is 0 Å². The fraction of sp³-hybridized carbons (Fsp3) is 0.625. The Labute approximate surface area is 54.8 Å². The third-order valence-corrected chi connectivity index (χ3v) is 2.48. The largest absolute Gasteiger partial charge is 0.298 e. The number of carbonyl (C=O) groups excluding carboxylic acids is 1. The van der Waals surface area contributed by atoms with Crippen molar-refractivity contribution in [2.24, 2.45) is 17.8 Å². The third kappa shape index (κ3) is 0.521. The summed E-state index contributed by atoms with van der Waals surface area (Å²) in [4.78, 5) is 11.1. The summed E-state index contributed by atoms with van der Waals surface area (Å²) < 4.78 is 0. The molecule has 0 saturated heterocycles. The van der Waals surface area contributed by atoms with Gasteiger partial charge in [-0.2, -0.15) is 0 Å². The molecular weight excluding hydrogens is 112 g/mol. The van der Waals surface area contributed by atoms with Crippen LogP contribution in [0.15, 0.2) is 12.2 Å². The Morgan fingerprint density at radius 3 is 2.56 bits per heavy atom. The monoisotopic (exact) mass is 122 g/mol. The summed E-state index contributed by atoms with van der Waals surface area (Å²) in [6, 6.07) is 0. The highest BCUT2D eigenvalue weighted by atomic mass is 16.1. The molecule has 0 radical (unpaired) electrons. The van der Waals surface area contributed by atoms with E-state index in [1.54, 1.807) is 0 Å². The lowest BCUT2D eigenvalue weighted by molar-refractivity contribution is -0.121. The van der Waals surface area contributed by atoms with Crippen molar-refractivity contribution in [2.75, 3.05) is 0 Å². The van der Waals surface area contributed by atoms with Gasteiger partial charge in [-0.25, -0.2) is 0 Å². The Hall–Kier alpha value is -0.590. The first-order valence-electron chi connectivity index (χ1n) is 3.51. The molecule has 0 aliphatic heterocycles. The van der Waals surface area contributed by atoms with Gasteiger partial charge in [0.1, 0.15) is 5.78 Å². The van der Waals surface area contributed by atoms with Crippen LogP contribution in [0.5, 0.6) is 0 Å². The maximum absolute atomic E-state index is 11.1. The van der Waals surface area contributed by atoms with E-state index in [0.717, 1.165) is 6.42 Å². The number of allylic oxidation sites excluding steroid dienone is 2. The van der Waals surface area contributed by atoms with Crippen LogP contribution in [0, 0.1) is 17.8 Å². The maximum Gasteiger partial charge on any atom is 0.146 e. The zero-order chi connectivity index (χ0) is 6.43. The molecule has 1 nitrogen and oxygen atoms in total. The van der Waals surface area contributed by atoms with Gasteiger partial charge in [0, 0.05) is 11.8 Å². The second-order valence-corrected chi connectivity index (χ2v) is 3.13. The van der Waals surface area contributed by atoms with Gasteiger partial charge in [0.05, 0.1) is 0 Å². The fourth-order valence-corrected chi connectivity index (χ4v) is 1.90. The molecule has 2 aliphatic rings. The van der Waals surface area contributed by atoms with Crippen molar-refractivity contribution in [3.8, 4) is 0 Å². The fourth-order valence-electron chi connectivity index (χ4n) is 1.90. The summed E-state index contributed by atoms with van der Waals surface area (Å²) in [5, 5.41) is 0. The summed E-state index contributed by atoms with van der Waals surface area (Å²) in [6.45, 7) is 2.16. The van der Waals surface area contributed by atoms with Gasteiger partial charge in [-0.1, -0.05) is 19.1 Å². The van der Waals surface area contributed by atoms with Crippen LogP contribution in [0.2, 0.25) is 0 Å². The van der Waals surface area contributed by atoms with Crippen molar-refractivity contribution >= 4 is 5.78 Å². The number of fused-ring (bicyclic) bond motifs is 2. The number of carbonyl (C=O) groups is 1. The zero-order valence-corrected chi connectivity index (χ0v) is 5.50. The Morgan fingerprint density at radius 1 is 1.56 bits per heavy atom. The highest BCUT2D eigenvalue weighted by molar-refractivity contribution is 5.91. The quantitative estimate of drug-likeness (QED) is 0.444. The van der Waals surface area contributed by atoms with Crippen LogP contribution in [0.3, 0.4) is 0 Å². The van der Waals surface area contributed by atoms with Gasteiger partial charge >= 0.3 is 0 Å². The summed E-state index contributed by atoms with van der Waals surface area (Å²) in [5.74, 6) is 1.66. The highest BCUT2D eigenvalue weighted by Gasteiger charge is 2.40. The molecule has 3 unspecified atom stereocenters. The van der Waals surface area contributed by atoms with Gasteiger partial charge in [0.2, 0.25) is 0 Å². The van der Waals surface area contributed by atoms with E-state index in [1.807, 2.05) is 0 Å². The van der Waals surface area contributed by atoms with E-state index in [1.165, 1.54) is 0 Å². The van der Waals surface area contributed by atoms with Crippen LogP contribution in [0.25, 0.3) is 0 Å². The van der Waals surface area contributed by atoms with E-state index in [-0.39, 0.29) is 5.92 Å². The van der Waals surface area contributed by atoms with E-state index >= 15 is 0 Å². The van der Waals surface area contributed by atoms with Crippen LogP contribution in [0.1, 0.15) is 13.3 Å². The standard InChI is InChI=1S/C8H10O/c1-5-4-6-2-3-7(5)8(6)9/h2-3,5-7H,4H2,1H3. The Morgan fingerprint density at radius 2 is 2.33 bits per heavy atom. The van der Waals surface area contributed by atoms with Crippen LogP contribution in [0.4, 0.5) is 0 Å². The third-order valence-electron chi connectivity index (χ3n) is 2.48. The minimum absolute atomic E-state index is 0.287. The second-order valence-electron chi connectivity index (χ2n) is 3.13. The van der Waals surface area contributed by atoms with Crippen LogP contribution < -0.4 is 0 Å². The summed E-state index contributed by atoms with van der Waals surface area (Å²) in [6.07, 6.45) is 5.23. The predicted octanol–water partition coefficient (Wildman–Crippen LogP) is 1.40. The molecular formula is C8H10O. The van der Waals surface area contributed by atoms with Gasteiger partial charge in [-0.3, -0.25) is 4.79 Å². The number of hydrogen-bond donors (Lipinski definition) is 0. The SMILES string of the molecule is CC1CC2C=CC1C2=O. The van der Waals surface area contributed by atoms with E-state index in [0.29, 0.717) is 17.6 Å². The summed E-state index contributed by atoms with van der Waals surface area (Å²) in [5.41, 5.74) is 0. The lowest BCUT2D eigenvalue weighted by Crippen LogP contribution is -2.06. The van der Waals surface area contributed by atoms with E-state index < -0.39 is 0 Å². The molecule has 0 aromatic rings. The van der Waals surface area contributed by atoms with Crippen LogP contribution in [-0.4, -0.2) is 5.78 Å². The zero-order valence-electron chi connectivity index (χ0n) is 5.50. The maximum atomic E-state index is 11.1. The van der Waals surface area contributed by atoms with Crippen molar-refractivity contribution in [3.05, 3.63) is 12.2 Å². The molecule has 1 heteroatoms. The first kappa shape index (κ1) is 5.21. The van der Waals surface area contributed by atoms with Gasteiger partial charge in [-0.05, 0) is 12.3 Å². The molecule has 0 aromatic heterocycles. The Kier molecular flexibility index (Phi) is 0.850. The molecule has 2 aliphatic carbocycles. The minimum atomic E-state index is 0.287. The lowest BCUT2D eigenvalue weighted by Gasteiger charge is -2.07. The van der Waals surface area contributed by atoms with Crippen molar-refractivity contribution in [3.63, 3.8) is 0 Å². The first-order valence-corrected chi connectivity index (χ1v) is 3.51. The van der Waals surface area contributed by atoms with E-state index in [4.69, 9.17) is 0 Å². The van der Waals surface area contributed by atoms with Crippen molar-refractivity contribution < 1.29 is 4.79 Å². The predicted molar refractivity (Wildman–Crippen MR) is 34.9 cm³/mol. The Balaban J connectivity index is 2.36. The molecule has 3 atom stereocenters. The highest BCUT2D eigenvalue weighted by Crippen LogP contribution is 2.39. The molecule has 9 heavy (non-hydrogen) atoms. The topological polar surface area (TPSA) is 17.1 Å². The van der Waals surface area contributed by atoms with Gasteiger partial charge < -0.3 is 0 Å². The van der Waals surface area contributed by atoms with Gasteiger partial charge in [0.25, 0.3) is 0 Å². The average Bonchev–Trinajstić information content (AvgIpc) is 2.25. The van der Waals surface area contributed by atoms with E-state index in [2.05, 4.69) is 19.1 Å². The minimum Gasteiger partial charge on any atom is -0.298 e. The van der Waals surface area contributed by atoms with E-state index in [9.17, 15) is 4.79 Å². The molecule has 0 aromatic carbocycles. The Bertz CT molecular complexity index is 181. The smallest absolute Gasteiger partial charge is 0.146 e. The van der Waals surface area contributed by atoms with Gasteiger partial charge in [-0.15, -0.1) is 0 Å². The number of Topliss-reactive ketones (excluding diaryl/α,β-unsaturated/α-hetero) is 1. The molecule has 0 amide bonds. The number of hydrogen-bond acceptors (Lipinski definition) is 1. The average molecular weight is 122 g/mol. The molecule has 1 fully saturated rings. The number of ketones is 1. The molecule has 2 rings (SSSR count). The van der Waals surface area contributed by atoms with Crippen LogP contribution in [-0.2, 0) is 4.79 Å². The lowest BCUT2D eigenvalue weighted by atomic mass is 9.96. The summed E-state index contributed by atoms with van der Waals surface area (Å²) >= 11 is 0. The van der Waals surface area contributed by atoms with Crippen molar-refractivity contribution in [1.29, 1.82) is 0 Å². The van der Waals surface area contributed by atoms with Gasteiger partial charge in [0.15, 0.2) is 0 Å². The second kappa shape index (κ2) is 1.47. The molecule has 1 saturated carbocycles. The normalized spacial score (nSPS) is 46.8. The molecule has 0 N–H and O–H groups in total. The molecule has 48 valence electrons. The van der Waals surface area contributed by atoms with Crippen molar-refractivity contribution in [2.45, 2.75) is 13.3 Å². The summed E-state index contributed by atoms with van der Waals surface area (Å²) in [7, 11) is 0. The molecule has 0 heterocycles.